The first kappa shape index (κ1) is 13.6. The van der Waals surface area contributed by atoms with Crippen molar-refractivity contribution in [1.29, 1.82) is 0 Å². The fourth-order valence-corrected chi connectivity index (χ4v) is 2.85. The van der Waals surface area contributed by atoms with Gasteiger partial charge in [-0.1, -0.05) is 29.8 Å². The molecule has 0 amide bonds. The van der Waals surface area contributed by atoms with Gasteiger partial charge in [0.2, 0.25) is 0 Å². The van der Waals surface area contributed by atoms with Crippen LogP contribution in [0.25, 0.3) is 10.9 Å². The van der Waals surface area contributed by atoms with E-state index in [4.69, 9.17) is 0 Å². The number of pyridine rings is 1. The number of nitrogens with zero attached hydrogens (tertiary/aromatic N) is 1. The lowest BCUT2D eigenvalue weighted by Gasteiger charge is -2.19. The molecule has 2 aromatic carbocycles. The first-order valence-electron chi connectivity index (χ1n) is 7.32. The molecule has 1 atom stereocenters. The summed E-state index contributed by atoms with van der Waals surface area (Å²) in [5.41, 5.74) is 6.12. The van der Waals surface area contributed by atoms with Gasteiger partial charge in [-0.05, 0) is 56.2 Å². The third-order valence-electron chi connectivity index (χ3n) is 3.91. The average Bonchev–Trinajstić information content (AvgIpc) is 2.47. The molecule has 2 nitrogen and oxygen atoms in total. The highest BCUT2D eigenvalue weighted by Gasteiger charge is 2.10. The zero-order chi connectivity index (χ0) is 14.8. The molecule has 1 heterocycles. The first-order chi connectivity index (χ1) is 10.1. The Morgan fingerprint density at radius 3 is 2.67 bits per heavy atom. The Bertz CT molecular complexity index is 772. The number of hydrogen-bond acceptors (Lipinski definition) is 2. The summed E-state index contributed by atoms with van der Waals surface area (Å²) in [6, 6.07) is 17.2. The molecule has 1 aromatic heterocycles. The summed E-state index contributed by atoms with van der Waals surface area (Å²) >= 11 is 0. The number of fused-ring (bicyclic) bond motifs is 1. The Balaban J connectivity index is 1.94. The van der Waals surface area contributed by atoms with E-state index in [1.54, 1.807) is 0 Å². The minimum atomic E-state index is 0.261. The Labute approximate surface area is 125 Å². The van der Waals surface area contributed by atoms with E-state index in [0.29, 0.717) is 0 Å². The largest absolute Gasteiger partial charge is 0.378 e. The summed E-state index contributed by atoms with van der Waals surface area (Å²) in [4.78, 5) is 4.41. The topological polar surface area (TPSA) is 24.9 Å². The Hall–Kier alpha value is -2.35. The van der Waals surface area contributed by atoms with Gasteiger partial charge in [-0.2, -0.15) is 0 Å². The molecule has 1 unspecified atom stereocenters. The van der Waals surface area contributed by atoms with E-state index < -0.39 is 0 Å². The molecule has 1 N–H and O–H groups in total. The quantitative estimate of drug-likeness (QED) is 0.726. The van der Waals surface area contributed by atoms with Crippen LogP contribution in [0.1, 0.15) is 29.7 Å². The van der Waals surface area contributed by atoms with Crippen molar-refractivity contribution in [1.82, 2.24) is 4.98 Å². The summed E-state index contributed by atoms with van der Waals surface area (Å²) < 4.78 is 0. The van der Waals surface area contributed by atoms with Crippen molar-refractivity contribution in [2.24, 2.45) is 0 Å². The maximum absolute atomic E-state index is 4.41. The second-order valence-electron chi connectivity index (χ2n) is 5.60. The first-order valence-corrected chi connectivity index (χ1v) is 7.32. The Morgan fingerprint density at radius 2 is 1.86 bits per heavy atom. The van der Waals surface area contributed by atoms with Crippen LogP contribution in [0.4, 0.5) is 5.69 Å². The summed E-state index contributed by atoms with van der Waals surface area (Å²) in [7, 11) is 0. The van der Waals surface area contributed by atoms with E-state index >= 15 is 0 Å². The second kappa shape index (κ2) is 5.57. The molecular weight excluding hydrogens is 256 g/mol. The molecule has 0 aliphatic heterocycles. The minimum absolute atomic E-state index is 0.261. The molecule has 106 valence electrons. The van der Waals surface area contributed by atoms with Gasteiger partial charge in [0.25, 0.3) is 0 Å². The molecule has 0 aliphatic rings. The molecule has 0 bridgehead atoms. The molecule has 0 spiro atoms. The highest BCUT2D eigenvalue weighted by atomic mass is 14.9. The maximum Gasteiger partial charge on any atom is 0.0722 e. The monoisotopic (exact) mass is 276 g/mol. The Morgan fingerprint density at radius 1 is 1.00 bits per heavy atom. The van der Waals surface area contributed by atoms with Crippen molar-refractivity contribution in [3.63, 3.8) is 0 Å². The van der Waals surface area contributed by atoms with E-state index in [-0.39, 0.29) is 6.04 Å². The molecule has 0 fully saturated rings. The van der Waals surface area contributed by atoms with E-state index in [1.165, 1.54) is 16.7 Å². The zero-order valence-corrected chi connectivity index (χ0v) is 12.7. The van der Waals surface area contributed by atoms with Crippen LogP contribution >= 0.6 is 0 Å². The maximum atomic E-state index is 4.41. The summed E-state index contributed by atoms with van der Waals surface area (Å²) in [6.45, 7) is 6.50. The van der Waals surface area contributed by atoms with Crippen molar-refractivity contribution >= 4 is 16.6 Å². The molecule has 21 heavy (non-hydrogen) atoms. The lowest BCUT2D eigenvalue weighted by atomic mass is 10.00. The molecule has 0 saturated carbocycles. The van der Waals surface area contributed by atoms with Gasteiger partial charge in [-0.15, -0.1) is 0 Å². The van der Waals surface area contributed by atoms with Crippen LogP contribution in [0.15, 0.2) is 54.7 Å². The highest BCUT2D eigenvalue weighted by Crippen LogP contribution is 2.27. The van der Waals surface area contributed by atoms with Crippen molar-refractivity contribution in [3.05, 3.63) is 71.4 Å². The van der Waals surface area contributed by atoms with Crippen LogP contribution in [0, 0.1) is 13.8 Å². The normalized spacial score (nSPS) is 12.3. The molecule has 3 rings (SSSR count). The third-order valence-corrected chi connectivity index (χ3v) is 3.91. The predicted octanol–water partition coefficient (Wildman–Crippen LogP) is 5.02. The van der Waals surface area contributed by atoms with Crippen LogP contribution in [-0.4, -0.2) is 4.98 Å². The minimum Gasteiger partial charge on any atom is -0.378 e. The number of aryl methyl sites for hydroxylation is 2. The van der Waals surface area contributed by atoms with Gasteiger partial charge in [-0.3, -0.25) is 4.98 Å². The highest BCUT2D eigenvalue weighted by molar-refractivity contribution is 5.91. The summed E-state index contributed by atoms with van der Waals surface area (Å²) in [5.74, 6) is 0. The standard InChI is InChI=1S/C19H20N2/c1-13-9-10-16(14(2)12-13)15(3)21-19-8-4-7-18-17(19)6-5-11-20-18/h4-12,15,21H,1-3H3. The summed E-state index contributed by atoms with van der Waals surface area (Å²) in [5, 5.41) is 4.78. The molecule has 2 heteroatoms. The van der Waals surface area contributed by atoms with Crippen LogP contribution in [0.2, 0.25) is 0 Å². The number of benzene rings is 2. The van der Waals surface area contributed by atoms with E-state index in [2.05, 4.69) is 61.4 Å². The third kappa shape index (κ3) is 2.75. The lowest BCUT2D eigenvalue weighted by Crippen LogP contribution is -2.08. The van der Waals surface area contributed by atoms with E-state index in [0.717, 1.165) is 16.6 Å². The van der Waals surface area contributed by atoms with Crippen molar-refractivity contribution < 1.29 is 0 Å². The molecule has 3 aromatic rings. The number of anilines is 1. The zero-order valence-electron chi connectivity index (χ0n) is 12.7. The second-order valence-corrected chi connectivity index (χ2v) is 5.60. The Kier molecular flexibility index (Phi) is 3.61. The van der Waals surface area contributed by atoms with Gasteiger partial charge < -0.3 is 5.32 Å². The molecule has 0 aliphatic carbocycles. The smallest absolute Gasteiger partial charge is 0.0722 e. The lowest BCUT2D eigenvalue weighted by molar-refractivity contribution is 0.875. The molecule has 0 saturated heterocycles. The van der Waals surface area contributed by atoms with Gasteiger partial charge >= 0.3 is 0 Å². The van der Waals surface area contributed by atoms with Crippen molar-refractivity contribution in [3.8, 4) is 0 Å². The van der Waals surface area contributed by atoms with Crippen LogP contribution in [0.3, 0.4) is 0 Å². The number of nitrogens with one attached hydrogen (secondary N) is 1. The number of hydrogen-bond donors (Lipinski definition) is 1. The van der Waals surface area contributed by atoms with Gasteiger partial charge in [-0.25, -0.2) is 0 Å². The SMILES string of the molecule is Cc1ccc(C(C)Nc2cccc3ncccc23)c(C)c1. The van der Waals surface area contributed by atoms with Crippen molar-refractivity contribution in [2.45, 2.75) is 26.8 Å². The van der Waals surface area contributed by atoms with Crippen LogP contribution in [-0.2, 0) is 0 Å². The average molecular weight is 276 g/mol. The molecular formula is C19H20N2. The predicted molar refractivity (Wildman–Crippen MR) is 89.7 cm³/mol. The molecule has 0 radical (unpaired) electrons. The van der Waals surface area contributed by atoms with Gasteiger partial charge in [0.15, 0.2) is 0 Å². The van der Waals surface area contributed by atoms with Gasteiger partial charge in [0.1, 0.15) is 0 Å². The van der Waals surface area contributed by atoms with Gasteiger partial charge in [0, 0.05) is 23.3 Å². The fourth-order valence-electron chi connectivity index (χ4n) is 2.85. The van der Waals surface area contributed by atoms with Crippen LogP contribution in [0.5, 0.6) is 0 Å². The van der Waals surface area contributed by atoms with Gasteiger partial charge in [0.05, 0.1) is 5.52 Å². The number of rotatable bonds is 3. The number of aromatic nitrogens is 1. The fraction of sp³-hybridized carbons (Fsp3) is 0.211. The van der Waals surface area contributed by atoms with Crippen molar-refractivity contribution in [2.75, 3.05) is 5.32 Å². The van der Waals surface area contributed by atoms with E-state index in [1.807, 2.05) is 24.4 Å². The summed E-state index contributed by atoms with van der Waals surface area (Å²) in [6.07, 6.45) is 1.83. The van der Waals surface area contributed by atoms with Crippen LogP contribution < -0.4 is 5.32 Å². The van der Waals surface area contributed by atoms with E-state index in [9.17, 15) is 0 Å².